The molecular formula is C35H29N3O7S. The van der Waals surface area contributed by atoms with Crippen LogP contribution in [0.5, 0.6) is 5.75 Å². The molecule has 6 rings (SSSR count). The minimum atomic E-state index is -0.832. The molecule has 232 valence electrons. The van der Waals surface area contributed by atoms with Gasteiger partial charge in [0.05, 0.1) is 40.5 Å². The summed E-state index contributed by atoms with van der Waals surface area (Å²) in [6.07, 6.45) is 1.62. The van der Waals surface area contributed by atoms with Gasteiger partial charge in [-0.25, -0.2) is 9.79 Å². The molecule has 11 heteroatoms. The van der Waals surface area contributed by atoms with Crippen LogP contribution in [0, 0.1) is 24.0 Å². The van der Waals surface area contributed by atoms with Crippen LogP contribution in [0.4, 0.5) is 5.69 Å². The number of benzene rings is 3. The Bertz CT molecular complexity index is 2190. The number of ether oxygens (including phenoxy) is 2. The van der Waals surface area contributed by atoms with Crippen molar-refractivity contribution in [2.75, 3.05) is 13.7 Å². The highest BCUT2D eigenvalue weighted by Gasteiger charge is 2.35. The van der Waals surface area contributed by atoms with Crippen molar-refractivity contribution in [3.8, 4) is 17.1 Å². The van der Waals surface area contributed by atoms with Crippen LogP contribution >= 0.6 is 11.3 Å². The molecule has 3 aromatic carbocycles. The summed E-state index contributed by atoms with van der Waals surface area (Å²) in [6.45, 7) is 5.39. The van der Waals surface area contributed by atoms with Gasteiger partial charge in [-0.05, 0) is 62.2 Å². The molecule has 0 bridgehead atoms. The minimum Gasteiger partial charge on any atom is -0.497 e. The zero-order chi connectivity index (χ0) is 32.5. The van der Waals surface area contributed by atoms with Gasteiger partial charge in [-0.2, -0.15) is 0 Å². The summed E-state index contributed by atoms with van der Waals surface area (Å²) in [5, 5.41) is 11.6. The molecule has 3 heterocycles. The standard InChI is InChI=1S/C35H29N3O7S/c1-5-44-34(40)30-31(22-9-7-6-8-10-22)36-35-37(32(30)23-11-13-25(43-4)14-12-23)33(39)29(46-35)19-26-15-16-28(45-26)24-17-20(2)21(3)27(18-24)38(41)42/h6-19,32H,5H2,1-4H3/b29-19-/t32-/m0/s1. The van der Waals surface area contributed by atoms with Crippen LogP contribution in [0.15, 0.2) is 98.6 Å². The monoisotopic (exact) mass is 635 g/mol. The number of carbonyl (C=O) groups excluding carboxylic acids is 1. The van der Waals surface area contributed by atoms with Gasteiger partial charge >= 0.3 is 5.97 Å². The van der Waals surface area contributed by atoms with E-state index < -0.39 is 16.9 Å². The van der Waals surface area contributed by atoms with Gasteiger partial charge in [0.15, 0.2) is 4.80 Å². The number of thiazole rings is 1. The third-order valence-corrected chi connectivity index (χ3v) is 8.81. The van der Waals surface area contributed by atoms with Crippen LogP contribution in [0.3, 0.4) is 0 Å². The van der Waals surface area contributed by atoms with E-state index in [4.69, 9.17) is 18.9 Å². The Kier molecular flexibility index (Phi) is 8.25. The molecule has 0 saturated carbocycles. The van der Waals surface area contributed by atoms with E-state index >= 15 is 0 Å². The highest BCUT2D eigenvalue weighted by molar-refractivity contribution is 7.07. The van der Waals surface area contributed by atoms with Gasteiger partial charge in [-0.1, -0.05) is 53.8 Å². The number of nitro benzene ring substituents is 1. The van der Waals surface area contributed by atoms with Crippen molar-refractivity contribution in [2.45, 2.75) is 26.8 Å². The maximum Gasteiger partial charge on any atom is 0.338 e. The minimum absolute atomic E-state index is 0.00594. The maximum absolute atomic E-state index is 14.1. The van der Waals surface area contributed by atoms with Crippen LogP contribution < -0.4 is 19.6 Å². The van der Waals surface area contributed by atoms with Crippen LogP contribution in [0.1, 0.15) is 41.0 Å². The van der Waals surface area contributed by atoms with E-state index in [0.717, 1.165) is 5.56 Å². The van der Waals surface area contributed by atoms with Crippen molar-refractivity contribution in [1.82, 2.24) is 4.57 Å². The predicted molar refractivity (Wildman–Crippen MR) is 174 cm³/mol. The number of methoxy groups -OCH3 is 1. The molecule has 0 amide bonds. The molecule has 0 saturated heterocycles. The molecule has 0 N–H and O–H groups in total. The topological polar surface area (TPSA) is 126 Å². The number of rotatable bonds is 8. The molecule has 46 heavy (non-hydrogen) atoms. The molecule has 0 fully saturated rings. The van der Waals surface area contributed by atoms with E-state index in [1.54, 1.807) is 51.3 Å². The van der Waals surface area contributed by atoms with Gasteiger partial charge in [-0.15, -0.1) is 0 Å². The fourth-order valence-corrected chi connectivity index (χ4v) is 6.41. The second-order valence-electron chi connectivity index (χ2n) is 10.6. The summed E-state index contributed by atoms with van der Waals surface area (Å²) in [7, 11) is 1.57. The van der Waals surface area contributed by atoms with Crippen molar-refractivity contribution in [1.29, 1.82) is 0 Å². The van der Waals surface area contributed by atoms with E-state index in [0.29, 0.717) is 54.6 Å². The number of furan rings is 1. The van der Waals surface area contributed by atoms with Crippen LogP contribution in [0.2, 0.25) is 0 Å². The molecule has 1 atom stereocenters. The lowest BCUT2D eigenvalue weighted by Crippen LogP contribution is -2.40. The van der Waals surface area contributed by atoms with E-state index in [2.05, 4.69) is 0 Å². The van der Waals surface area contributed by atoms with Crippen LogP contribution in [-0.2, 0) is 9.53 Å². The molecule has 0 radical (unpaired) electrons. The fourth-order valence-electron chi connectivity index (χ4n) is 5.43. The van der Waals surface area contributed by atoms with Gasteiger partial charge in [0.25, 0.3) is 11.2 Å². The molecule has 1 aliphatic rings. The third-order valence-electron chi connectivity index (χ3n) is 7.83. The summed E-state index contributed by atoms with van der Waals surface area (Å²) in [4.78, 5) is 44.2. The number of hydrogen-bond acceptors (Lipinski definition) is 9. The van der Waals surface area contributed by atoms with Gasteiger partial charge < -0.3 is 13.9 Å². The Morgan fingerprint density at radius 1 is 1.07 bits per heavy atom. The first-order chi connectivity index (χ1) is 22.2. The molecule has 1 aliphatic heterocycles. The molecule has 0 spiro atoms. The van der Waals surface area contributed by atoms with Crippen LogP contribution in [-0.4, -0.2) is 29.2 Å². The average Bonchev–Trinajstić information content (AvgIpc) is 3.65. The van der Waals surface area contributed by atoms with Crippen molar-refractivity contribution >= 4 is 34.8 Å². The van der Waals surface area contributed by atoms with Crippen molar-refractivity contribution in [3.05, 3.63) is 142 Å². The number of nitro groups is 1. The Hall–Kier alpha value is -5.55. The average molecular weight is 636 g/mol. The smallest absolute Gasteiger partial charge is 0.338 e. The zero-order valence-corrected chi connectivity index (χ0v) is 26.3. The quantitative estimate of drug-likeness (QED) is 0.121. The molecular weight excluding hydrogens is 606 g/mol. The Morgan fingerprint density at radius 3 is 2.48 bits per heavy atom. The lowest BCUT2D eigenvalue weighted by Gasteiger charge is -2.26. The summed E-state index contributed by atoms with van der Waals surface area (Å²) in [5.41, 5.74) is 3.60. The molecule has 0 aliphatic carbocycles. The van der Waals surface area contributed by atoms with Gasteiger partial charge in [0, 0.05) is 28.8 Å². The lowest BCUT2D eigenvalue weighted by atomic mass is 9.93. The highest BCUT2D eigenvalue weighted by Crippen LogP contribution is 2.36. The lowest BCUT2D eigenvalue weighted by molar-refractivity contribution is -0.385. The van der Waals surface area contributed by atoms with Gasteiger partial charge in [-0.3, -0.25) is 19.5 Å². The summed E-state index contributed by atoms with van der Waals surface area (Å²) in [6, 6.07) is 22.4. The predicted octanol–water partition coefficient (Wildman–Crippen LogP) is 5.73. The van der Waals surface area contributed by atoms with Crippen LogP contribution in [0.25, 0.3) is 23.1 Å². The Morgan fingerprint density at radius 2 is 1.80 bits per heavy atom. The zero-order valence-electron chi connectivity index (χ0n) is 25.5. The first-order valence-corrected chi connectivity index (χ1v) is 15.3. The fraction of sp³-hybridized carbons (Fsp3) is 0.171. The van der Waals surface area contributed by atoms with E-state index in [1.807, 2.05) is 55.5 Å². The summed E-state index contributed by atoms with van der Waals surface area (Å²) < 4.78 is 18.8. The number of carbonyl (C=O) groups is 1. The number of fused-ring (bicyclic) bond motifs is 1. The van der Waals surface area contributed by atoms with Crippen molar-refractivity contribution < 1.29 is 23.6 Å². The highest BCUT2D eigenvalue weighted by atomic mass is 32.1. The Labute approximate surface area is 267 Å². The van der Waals surface area contributed by atoms with Gasteiger partial charge in [0.2, 0.25) is 0 Å². The van der Waals surface area contributed by atoms with E-state index in [-0.39, 0.29) is 23.4 Å². The van der Waals surface area contributed by atoms with Crippen molar-refractivity contribution in [3.63, 3.8) is 0 Å². The van der Waals surface area contributed by atoms with E-state index in [9.17, 15) is 19.7 Å². The third kappa shape index (κ3) is 5.56. The Balaban J connectivity index is 1.53. The molecule has 10 nitrogen and oxygen atoms in total. The molecule has 0 unspecified atom stereocenters. The number of aromatic nitrogens is 1. The SMILES string of the molecule is CCOC(=O)C1=C(c2ccccc2)N=c2s/c(=C\c3ccc(-c4cc(C)c(C)c([N+](=O)[O-])c4)o3)c(=O)n2[C@H]1c1ccc(OC)cc1. The number of aryl methyl sites for hydroxylation is 1. The maximum atomic E-state index is 14.1. The normalized spacial score (nSPS) is 14.5. The summed E-state index contributed by atoms with van der Waals surface area (Å²) in [5.74, 6) is 0.870. The first-order valence-electron chi connectivity index (χ1n) is 14.5. The molecule has 2 aromatic heterocycles. The number of nitrogens with zero attached hydrogens (tertiary/aromatic N) is 3. The number of hydrogen-bond donors (Lipinski definition) is 0. The second-order valence-corrected chi connectivity index (χ2v) is 11.6. The summed E-state index contributed by atoms with van der Waals surface area (Å²) >= 11 is 1.17. The molecule has 5 aromatic rings. The largest absolute Gasteiger partial charge is 0.497 e. The second kappa shape index (κ2) is 12.4. The number of esters is 1. The van der Waals surface area contributed by atoms with E-state index in [1.165, 1.54) is 22.0 Å². The van der Waals surface area contributed by atoms with Gasteiger partial charge in [0.1, 0.15) is 17.3 Å². The first kappa shape index (κ1) is 30.5. The van der Waals surface area contributed by atoms with Crippen molar-refractivity contribution in [2.24, 2.45) is 4.99 Å².